The lowest BCUT2D eigenvalue weighted by atomic mass is 10.0. The number of amides is 1. The quantitative estimate of drug-likeness (QED) is 0.822. The first-order valence-electron chi connectivity index (χ1n) is 6.39. The van der Waals surface area contributed by atoms with Gasteiger partial charge in [-0.15, -0.1) is 0 Å². The van der Waals surface area contributed by atoms with E-state index in [0.717, 1.165) is 17.5 Å². The highest BCUT2D eigenvalue weighted by atomic mass is 79.9. The molecule has 0 saturated carbocycles. The Hall–Kier alpha value is -0.830. The molecule has 0 heterocycles. The average molecular weight is 312 g/mol. The predicted molar refractivity (Wildman–Crippen MR) is 80.4 cm³/mol. The van der Waals surface area contributed by atoms with Crippen LogP contribution >= 0.6 is 15.9 Å². The molecule has 3 heteroatoms. The zero-order valence-corrected chi connectivity index (χ0v) is 13.2. The van der Waals surface area contributed by atoms with E-state index in [2.05, 4.69) is 35.1 Å². The van der Waals surface area contributed by atoms with Gasteiger partial charge in [0.15, 0.2) is 0 Å². The molecule has 1 rings (SSSR count). The number of carbonyl (C=O) groups excluding carboxylic acids is 1. The van der Waals surface area contributed by atoms with Crippen LogP contribution in [0.25, 0.3) is 0 Å². The highest BCUT2D eigenvalue weighted by Gasteiger charge is 2.12. The molecular formula is C15H22BrNO. The molecule has 18 heavy (non-hydrogen) atoms. The normalized spacial score (nSPS) is 12.6. The monoisotopic (exact) mass is 311 g/mol. The summed E-state index contributed by atoms with van der Waals surface area (Å²) < 4.78 is 0. The lowest BCUT2D eigenvalue weighted by Crippen LogP contribution is -2.30. The maximum absolute atomic E-state index is 12.0. The number of aryl methyl sites for hydroxylation is 2. The van der Waals surface area contributed by atoms with Crippen molar-refractivity contribution in [3.05, 3.63) is 34.9 Å². The molecule has 1 N–H and O–H groups in total. The van der Waals surface area contributed by atoms with Crippen molar-refractivity contribution < 1.29 is 4.79 Å². The minimum absolute atomic E-state index is 0.0145. The fourth-order valence-corrected chi connectivity index (χ4v) is 2.87. The molecule has 2 nitrogen and oxygen atoms in total. The molecule has 0 aliphatic carbocycles. The standard InChI is InChI=1S/C15H22BrNO/c1-10(2)7-13(16)9-17-15(18)14-6-5-11(3)8-12(14)4/h5-6,8,10,13H,7,9H2,1-4H3,(H,17,18). The van der Waals surface area contributed by atoms with Crippen molar-refractivity contribution in [1.29, 1.82) is 0 Å². The average Bonchev–Trinajstić information content (AvgIpc) is 2.25. The van der Waals surface area contributed by atoms with Gasteiger partial charge >= 0.3 is 0 Å². The van der Waals surface area contributed by atoms with Gasteiger partial charge in [0.1, 0.15) is 0 Å². The zero-order valence-electron chi connectivity index (χ0n) is 11.6. The van der Waals surface area contributed by atoms with Crippen molar-refractivity contribution in [2.45, 2.75) is 38.9 Å². The summed E-state index contributed by atoms with van der Waals surface area (Å²) in [6.07, 6.45) is 1.06. The minimum Gasteiger partial charge on any atom is -0.351 e. The lowest BCUT2D eigenvalue weighted by molar-refractivity contribution is 0.0952. The number of benzene rings is 1. The summed E-state index contributed by atoms with van der Waals surface area (Å²) in [5, 5.41) is 2.98. The second-order valence-electron chi connectivity index (χ2n) is 5.26. The van der Waals surface area contributed by atoms with Crippen LogP contribution in [0.4, 0.5) is 0 Å². The number of carbonyl (C=O) groups is 1. The minimum atomic E-state index is 0.0145. The summed E-state index contributed by atoms with van der Waals surface area (Å²) >= 11 is 3.59. The van der Waals surface area contributed by atoms with Crippen LogP contribution in [-0.4, -0.2) is 17.3 Å². The number of halogens is 1. The smallest absolute Gasteiger partial charge is 0.251 e. The molecule has 0 aromatic heterocycles. The molecule has 0 fully saturated rings. The topological polar surface area (TPSA) is 29.1 Å². The highest BCUT2D eigenvalue weighted by molar-refractivity contribution is 9.09. The number of rotatable bonds is 5. The largest absolute Gasteiger partial charge is 0.351 e. The van der Waals surface area contributed by atoms with E-state index in [0.29, 0.717) is 17.3 Å². The number of hydrogen-bond donors (Lipinski definition) is 1. The van der Waals surface area contributed by atoms with Crippen molar-refractivity contribution >= 4 is 21.8 Å². The van der Waals surface area contributed by atoms with Gasteiger partial charge in [0.2, 0.25) is 0 Å². The van der Waals surface area contributed by atoms with Crippen molar-refractivity contribution in [2.75, 3.05) is 6.54 Å². The molecule has 0 aliphatic heterocycles. The van der Waals surface area contributed by atoms with Crippen molar-refractivity contribution in [2.24, 2.45) is 5.92 Å². The Morgan fingerprint density at radius 1 is 1.33 bits per heavy atom. The Labute approximate surface area is 118 Å². The van der Waals surface area contributed by atoms with E-state index in [9.17, 15) is 4.79 Å². The lowest BCUT2D eigenvalue weighted by Gasteiger charge is -2.14. The molecule has 1 aromatic rings. The molecule has 0 bridgehead atoms. The van der Waals surface area contributed by atoms with E-state index in [-0.39, 0.29) is 5.91 Å². The molecule has 0 radical (unpaired) electrons. The summed E-state index contributed by atoms with van der Waals surface area (Å²) in [5.41, 5.74) is 2.98. The third-order valence-electron chi connectivity index (χ3n) is 2.84. The van der Waals surface area contributed by atoms with Crippen LogP contribution in [0.15, 0.2) is 18.2 Å². The molecule has 0 aliphatic rings. The molecule has 1 amide bonds. The molecule has 1 aromatic carbocycles. The molecule has 1 atom stereocenters. The van der Waals surface area contributed by atoms with Gasteiger partial charge in [0, 0.05) is 16.9 Å². The maximum atomic E-state index is 12.0. The fraction of sp³-hybridized carbons (Fsp3) is 0.533. The fourth-order valence-electron chi connectivity index (χ4n) is 1.96. The molecule has 0 spiro atoms. The van der Waals surface area contributed by atoms with Crippen molar-refractivity contribution in [3.63, 3.8) is 0 Å². The van der Waals surface area contributed by atoms with Crippen LogP contribution in [0.1, 0.15) is 41.8 Å². The van der Waals surface area contributed by atoms with Crippen LogP contribution in [-0.2, 0) is 0 Å². The van der Waals surface area contributed by atoms with Gasteiger partial charge in [-0.25, -0.2) is 0 Å². The first kappa shape index (κ1) is 15.2. The molecule has 1 unspecified atom stereocenters. The van der Waals surface area contributed by atoms with Crippen LogP contribution in [0.5, 0.6) is 0 Å². The first-order chi connectivity index (χ1) is 8.40. The number of hydrogen-bond acceptors (Lipinski definition) is 1. The van der Waals surface area contributed by atoms with Gasteiger partial charge in [-0.2, -0.15) is 0 Å². The van der Waals surface area contributed by atoms with E-state index in [1.807, 2.05) is 32.0 Å². The van der Waals surface area contributed by atoms with Gasteiger partial charge < -0.3 is 5.32 Å². The maximum Gasteiger partial charge on any atom is 0.251 e. The van der Waals surface area contributed by atoms with E-state index < -0.39 is 0 Å². The van der Waals surface area contributed by atoms with Crippen molar-refractivity contribution in [1.82, 2.24) is 5.32 Å². The number of alkyl halides is 1. The van der Waals surface area contributed by atoms with E-state index in [4.69, 9.17) is 0 Å². The van der Waals surface area contributed by atoms with Gasteiger partial charge in [-0.3, -0.25) is 4.79 Å². The number of nitrogens with one attached hydrogen (secondary N) is 1. The Balaban J connectivity index is 2.55. The van der Waals surface area contributed by atoms with E-state index in [1.54, 1.807) is 0 Å². The molecular weight excluding hydrogens is 290 g/mol. The second kappa shape index (κ2) is 6.93. The van der Waals surface area contributed by atoms with Crippen LogP contribution in [0.3, 0.4) is 0 Å². The second-order valence-corrected chi connectivity index (χ2v) is 6.55. The van der Waals surface area contributed by atoms with E-state index >= 15 is 0 Å². The third kappa shape index (κ3) is 4.81. The predicted octanol–water partition coefficient (Wildman–Crippen LogP) is 3.84. The highest BCUT2D eigenvalue weighted by Crippen LogP contribution is 2.13. The Kier molecular flexibility index (Phi) is 5.86. The summed E-state index contributed by atoms with van der Waals surface area (Å²) in [6.45, 7) is 9.04. The SMILES string of the molecule is Cc1ccc(C(=O)NCC(Br)CC(C)C)c(C)c1. The first-order valence-corrected chi connectivity index (χ1v) is 7.31. The van der Waals surface area contributed by atoms with E-state index in [1.165, 1.54) is 5.56 Å². The summed E-state index contributed by atoms with van der Waals surface area (Å²) in [7, 11) is 0. The molecule has 100 valence electrons. The van der Waals surface area contributed by atoms with Crippen LogP contribution in [0, 0.1) is 19.8 Å². The van der Waals surface area contributed by atoms with Crippen molar-refractivity contribution in [3.8, 4) is 0 Å². The summed E-state index contributed by atoms with van der Waals surface area (Å²) in [4.78, 5) is 12.4. The van der Waals surface area contributed by atoms with Crippen LogP contribution in [0.2, 0.25) is 0 Å². The summed E-state index contributed by atoms with van der Waals surface area (Å²) in [5.74, 6) is 0.646. The van der Waals surface area contributed by atoms with Gasteiger partial charge in [-0.05, 0) is 37.8 Å². The Bertz CT molecular complexity index is 415. The van der Waals surface area contributed by atoms with Gasteiger partial charge in [0.25, 0.3) is 5.91 Å². The molecule has 0 saturated heterocycles. The van der Waals surface area contributed by atoms with Crippen LogP contribution < -0.4 is 5.32 Å². The van der Waals surface area contributed by atoms with Gasteiger partial charge in [0.05, 0.1) is 0 Å². The Morgan fingerprint density at radius 2 is 2.00 bits per heavy atom. The van der Waals surface area contributed by atoms with Gasteiger partial charge in [-0.1, -0.05) is 47.5 Å². The Morgan fingerprint density at radius 3 is 2.56 bits per heavy atom. The summed E-state index contributed by atoms with van der Waals surface area (Å²) in [6, 6.07) is 5.90. The zero-order chi connectivity index (χ0) is 13.7. The third-order valence-corrected chi connectivity index (χ3v) is 3.54.